The molecule has 104 valence electrons. The number of pyridine rings is 1. The minimum absolute atomic E-state index is 0.0266. The minimum atomic E-state index is -0.427. The maximum atomic E-state index is 10.8. The first-order valence-electron chi connectivity index (χ1n) is 6.36. The zero-order valence-corrected chi connectivity index (χ0v) is 11.7. The van der Waals surface area contributed by atoms with Crippen LogP contribution in [0, 0.1) is 10.1 Å². The number of hydrogen-bond acceptors (Lipinski definition) is 3. The van der Waals surface area contributed by atoms with Gasteiger partial charge in [0.2, 0.25) is 0 Å². The van der Waals surface area contributed by atoms with Crippen molar-refractivity contribution in [2.75, 3.05) is 7.11 Å². The van der Waals surface area contributed by atoms with Crippen LogP contribution in [0.15, 0.2) is 42.7 Å². The van der Waals surface area contributed by atoms with Crippen LogP contribution in [0.2, 0.25) is 0 Å². The lowest BCUT2D eigenvalue weighted by Gasteiger charge is -2.08. The van der Waals surface area contributed by atoms with E-state index < -0.39 is 4.92 Å². The van der Waals surface area contributed by atoms with Gasteiger partial charge in [-0.05, 0) is 25.5 Å². The molecule has 0 aliphatic carbocycles. The van der Waals surface area contributed by atoms with Crippen molar-refractivity contribution >= 4 is 5.69 Å². The van der Waals surface area contributed by atoms with E-state index in [1.165, 1.54) is 19.2 Å². The first kappa shape index (κ1) is 14.0. The molecule has 0 bridgehead atoms. The Bertz CT molecular complexity index is 622. The molecule has 0 N–H and O–H groups in total. The predicted octanol–water partition coefficient (Wildman–Crippen LogP) is 3.14. The van der Waals surface area contributed by atoms with Crippen LogP contribution in [-0.4, -0.2) is 12.0 Å². The van der Waals surface area contributed by atoms with E-state index in [-0.39, 0.29) is 5.69 Å². The summed E-state index contributed by atoms with van der Waals surface area (Å²) in [5.74, 6) is 0.501. The molecule has 0 atom stereocenters. The number of benzene rings is 1. The number of rotatable bonds is 4. The van der Waals surface area contributed by atoms with Crippen molar-refractivity contribution in [2.24, 2.45) is 0 Å². The van der Waals surface area contributed by atoms with Gasteiger partial charge in [-0.25, -0.2) is 4.57 Å². The van der Waals surface area contributed by atoms with Gasteiger partial charge in [-0.15, -0.1) is 0 Å². The summed E-state index contributed by atoms with van der Waals surface area (Å²) in [6.07, 6.45) is 3.97. The van der Waals surface area contributed by atoms with Gasteiger partial charge in [0.25, 0.3) is 5.69 Å². The van der Waals surface area contributed by atoms with Gasteiger partial charge in [0.15, 0.2) is 18.4 Å². The van der Waals surface area contributed by atoms with Crippen LogP contribution in [0.4, 0.5) is 5.69 Å². The number of aromatic nitrogens is 1. The molecule has 0 amide bonds. The highest BCUT2D eigenvalue weighted by atomic mass is 16.6. The maximum absolute atomic E-state index is 10.8. The molecule has 5 nitrogen and oxygen atoms in total. The smallest absolute Gasteiger partial charge is 0.273 e. The Morgan fingerprint density at radius 3 is 2.35 bits per heavy atom. The molecule has 1 aromatic heterocycles. The van der Waals surface area contributed by atoms with Crippen molar-refractivity contribution in [1.29, 1.82) is 0 Å². The molecule has 20 heavy (non-hydrogen) atoms. The predicted molar refractivity (Wildman–Crippen MR) is 75.7 cm³/mol. The number of non-ortho nitro benzene ring substituents is 1. The molecule has 0 spiro atoms. The number of methoxy groups -OCH3 is 1. The highest BCUT2D eigenvalue weighted by Gasteiger charge is 2.14. The first-order valence-corrected chi connectivity index (χ1v) is 6.36. The van der Waals surface area contributed by atoms with Crippen LogP contribution in [0.3, 0.4) is 0 Å². The van der Waals surface area contributed by atoms with Crippen LogP contribution in [0.25, 0.3) is 11.1 Å². The third-order valence-electron chi connectivity index (χ3n) is 3.16. The van der Waals surface area contributed by atoms with E-state index in [9.17, 15) is 10.1 Å². The Hall–Kier alpha value is -2.43. The fraction of sp³-hybridized carbons (Fsp3) is 0.267. The molecule has 1 heterocycles. The third-order valence-corrected chi connectivity index (χ3v) is 3.16. The van der Waals surface area contributed by atoms with Gasteiger partial charge < -0.3 is 4.74 Å². The second-order valence-corrected chi connectivity index (χ2v) is 4.77. The Balaban J connectivity index is 2.43. The summed E-state index contributed by atoms with van der Waals surface area (Å²) in [7, 11) is 1.51. The minimum Gasteiger partial charge on any atom is -0.496 e. The van der Waals surface area contributed by atoms with Gasteiger partial charge in [-0.3, -0.25) is 10.1 Å². The van der Waals surface area contributed by atoms with Crippen LogP contribution >= 0.6 is 0 Å². The topological polar surface area (TPSA) is 56.3 Å². The zero-order chi connectivity index (χ0) is 14.7. The molecule has 5 heteroatoms. The number of nitro groups is 1. The fourth-order valence-corrected chi connectivity index (χ4v) is 1.99. The van der Waals surface area contributed by atoms with Gasteiger partial charge >= 0.3 is 0 Å². The Labute approximate surface area is 117 Å². The standard InChI is InChI=1S/C15H17N2O3/c1-11(2)16-8-6-12(7-9-16)14-5-4-13(17(18)19)10-15(14)20-3/h4-11H,1-3H3/q+1. The van der Waals surface area contributed by atoms with Gasteiger partial charge in [0.1, 0.15) is 5.75 Å². The Morgan fingerprint density at radius 1 is 1.20 bits per heavy atom. The quantitative estimate of drug-likeness (QED) is 0.488. The molecule has 0 radical (unpaired) electrons. The molecule has 0 aliphatic heterocycles. The molecule has 0 saturated carbocycles. The third kappa shape index (κ3) is 2.77. The van der Waals surface area contributed by atoms with E-state index in [1.807, 2.05) is 24.5 Å². The number of nitrogens with zero attached hydrogens (tertiary/aromatic N) is 2. The second-order valence-electron chi connectivity index (χ2n) is 4.77. The van der Waals surface area contributed by atoms with Crippen molar-refractivity contribution in [3.63, 3.8) is 0 Å². The highest BCUT2D eigenvalue weighted by Crippen LogP contribution is 2.32. The monoisotopic (exact) mass is 273 g/mol. The van der Waals surface area contributed by atoms with E-state index in [0.717, 1.165) is 11.1 Å². The summed E-state index contributed by atoms with van der Waals surface area (Å²) < 4.78 is 7.34. The summed E-state index contributed by atoms with van der Waals surface area (Å²) in [5.41, 5.74) is 1.83. The number of hydrogen-bond donors (Lipinski definition) is 0. The Morgan fingerprint density at radius 2 is 1.85 bits per heavy atom. The molecule has 1 aromatic carbocycles. The summed E-state index contributed by atoms with van der Waals surface area (Å²) in [6.45, 7) is 4.21. The van der Waals surface area contributed by atoms with E-state index >= 15 is 0 Å². The maximum Gasteiger partial charge on any atom is 0.273 e. The molecule has 0 aliphatic rings. The van der Waals surface area contributed by atoms with Crippen molar-refractivity contribution in [2.45, 2.75) is 19.9 Å². The van der Waals surface area contributed by atoms with Crippen LogP contribution in [0.1, 0.15) is 19.9 Å². The largest absolute Gasteiger partial charge is 0.496 e. The summed E-state index contributed by atoms with van der Waals surface area (Å²) in [4.78, 5) is 10.4. The van der Waals surface area contributed by atoms with Crippen LogP contribution in [-0.2, 0) is 0 Å². The number of nitro benzene ring substituents is 1. The summed E-state index contributed by atoms with van der Waals surface area (Å²) in [5, 5.41) is 10.8. The number of ether oxygens (including phenoxy) is 1. The first-order chi connectivity index (χ1) is 9.52. The molecule has 0 unspecified atom stereocenters. The lowest BCUT2D eigenvalue weighted by molar-refractivity contribution is -0.716. The second kappa shape index (κ2) is 5.69. The zero-order valence-electron chi connectivity index (χ0n) is 11.7. The van der Waals surface area contributed by atoms with Gasteiger partial charge in [-0.2, -0.15) is 0 Å². The van der Waals surface area contributed by atoms with Crippen molar-refractivity contribution in [3.8, 4) is 16.9 Å². The molecule has 2 aromatic rings. The van der Waals surface area contributed by atoms with E-state index in [0.29, 0.717) is 11.8 Å². The molecular weight excluding hydrogens is 256 g/mol. The van der Waals surface area contributed by atoms with Crippen LogP contribution in [0.5, 0.6) is 5.75 Å². The molecule has 0 saturated heterocycles. The molecular formula is C15H17N2O3+. The average Bonchev–Trinajstić information content (AvgIpc) is 2.46. The van der Waals surface area contributed by atoms with Gasteiger partial charge in [-0.1, -0.05) is 0 Å². The van der Waals surface area contributed by atoms with Crippen LogP contribution < -0.4 is 9.30 Å². The fourth-order valence-electron chi connectivity index (χ4n) is 1.99. The molecule has 0 fully saturated rings. The SMILES string of the molecule is COc1cc([N+](=O)[O-])ccc1-c1cc[n+](C(C)C)cc1. The average molecular weight is 273 g/mol. The summed E-state index contributed by atoms with van der Waals surface area (Å²) >= 11 is 0. The van der Waals surface area contributed by atoms with Crippen molar-refractivity contribution in [1.82, 2.24) is 0 Å². The van der Waals surface area contributed by atoms with Crippen molar-refractivity contribution < 1.29 is 14.2 Å². The lowest BCUT2D eigenvalue weighted by Crippen LogP contribution is -2.34. The lowest BCUT2D eigenvalue weighted by atomic mass is 10.1. The van der Waals surface area contributed by atoms with Crippen molar-refractivity contribution in [3.05, 3.63) is 52.8 Å². The Kier molecular flexibility index (Phi) is 3.98. The van der Waals surface area contributed by atoms with E-state index in [4.69, 9.17) is 4.74 Å². The summed E-state index contributed by atoms with van der Waals surface area (Å²) in [6, 6.07) is 8.99. The van der Waals surface area contributed by atoms with E-state index in [2.05, 4.69) is 18.4 Å². The van der Waals surface area contributed by atoms with Gasteiger partial charge in [0.05, 0.1) is 18.1 Å². The molecule has 2 rings (SSSR count). The normalized spacial score (nSPS) is 10.6. The highest BCUT2D eigenvalue weighted by molar-refractivity contribution is 5.71. The van der Waals surface area contributed by atoms with E-state index in [1.54, 1.807) is 6.07 Å². The van der Waals surface area contributed by atoms with Gasteiger partial charge in [0, 0.05) is 23.8 Å².